The Morgan fingerprint density at radius 2 is 1.80 bits per heavy atom. The summed E-state index contributed by atoms with van der Waals surface area (Å²) in [7, 11) is 1.59. The number of fused-ring (bicyclic) bond motifs is 6. The lowest BCUT2D eigenvalue weighted by molar-refractivity contribution is -0.155. The van der Waals surface area contributed by atoms with E-state index in [0.29, 0.717) is 44.3 Å². The van der Waals surface area contributed by atoms with Crippen LogP contribution in [0.1, 0.15) is 91.2 Å². The van der Waals surface area contributed by atoms with Crippen LogP contribution in [-0.2, 0) is 48.1 Å². The van der Waals surface area contributed by atoms with Crippen LogP contribution in [0.4, 0.5) is 5.82 Å². The van der Waals surface area contributed by atoms with Crippen LogP contribution >= 0.6 is 0 Å². The summed E-state index contributed by atoms with van der Waals surface area (Å²) < 4.78 is 8.47. The van der Waals surface area contributed by atoms with Gasteiger partial charge in [0.1, 0.15) is 29.7 Å². The Balaban J connectivity index is 1.16. The third-order valence-corrected chi connectivity index (χ3v) is 14.9. The average molecular weight is 969 g/mol. The number of likely N-dealkylation sites (N-methyl/N-ethyl adjacent to an activating group) is 1. The van der Waals surface area contributed by atoms with E-state index in [1.807, 2.05) is 32.2 Å². The number of aromatic nitrogens is 2. The van der Waals surface area contributed by atoms with Crippen LogP contribution in [0.5, 0.6) is 5.75 Å². The largest absolute Gasteiger partial charge is 0.508 e. The highest BCUT2D eigenvalue weighted by Crippen LogP contribution is 2.41. The molecule has 8 rings (SSSR count). The number of hydrogen-bond acceptors (Lipinski definition) is 10. The van der Waals surface area contributed by atoms with Crippen LogP contribution < -0.4 is 15.6 Å². The van der Waals surface area contributed by atoms with Crippen LogP contribution in [0.3, 0.4) is 0 Å². The van der Waals surface area contributed by atoms with Crippen LogP contribution in [0.2, 0.25) is 0 Å². The summed E-state index contributed by atoms with van der Waals surface area (Å²) in [6.45, 7) is 19.4. The topological polar surface area (TPSA) is 170 Å². The number of phenols is 1. The quantitative estimate of drug-likeness (QED) is 0.0840. The summed E-state index contributed by atoms with van der Waals surface area (Å²) in [6, 6.07) is 13.0. The molecule has 2 fully saturated rings. The zero-order chi connectivity index (χ0) is 50.7. The maximum atomic E-state index is 14.8. The molecule has 2 saturated heterocycles. The van der Waals surface area contributed by atoms with E-state index in [0.717, 1.165) is 77.0 Å². The minimum atomic E-state index is -1.16. The molecule has 4 aliphatic heterocycles. The van der Waals surface area contributed by atoms with Gasteiger partial charge in [0.15, 0.2) is 0 Å². The molecule has 4 aromatic rings. The lowest BCUT2D eigenvalue weighted by atomic mass is 9.84. The molecule has 2 aromatic carbocycles. The molecule has 1 unspecified atom stereocenters. The maximum absolute atomic E-state index is 14.8. The Morgan fingerprint density at radius 1 is 1.01 bits per heavy atom. The number of anilines is 1. The molecular formula is C56H72N8O7. The number of rotatable bonds is 10. The fourth-order valence-corrected chi connectivity index (χ4v) is 11.1. The molecule has 0 radical (unpaired) electrons. The number of phenolic OH excluding ortho intramolecular Hbond substituents is 1. The van der Waals surface area contributed by atoms with Gasteiger partial charge in [-0.1, -0.05) is 65.0 Å². The van der Waals surface area contributed by atoms with Crippen molar-refractivity contribution in [3.63, 3.8) is 0 Å². The number of amides is 4. The predicted molar refractivity (Wildman–Crippen MR) is 276 cm³/mol. The number of benzene rings is 2. The van der Waals surface area contributed by atoms with E-state index in [4.69, 9.17) is 9.72 Å². The number of aryl methyl sites for hydroxylation is 1. The average Bonchev–Trinajstić information content (AvgIpc) is 3.88. The van der Waals surface area contributed by atoms with E-state index in [2.05, 4.69) is 84.8 Å². The van der Waals surface area contributed by atoms with E-state index in [-0.39, 0.29) is 49.6 Å². The molecule has 0 spiro atoms. The molecule has 0 saturated carbocycles. The number of esters is 1. The van der Waals surface area contributed by atoms with Crippen LogP contribution in [-0.4, -0.2) is 124 Å². The lowest BCUT2D eigenvalue weighted by Gasteiger charge is -2.37. The normalized spacial score (nSPS) is 21.3. The number of ether oxygens (including phenoxy) is 1. The second-order valence-corrected chi connectivity index (χ2v) is 21.0. The third kappa shape index (κ3) is 11.0. The lowest BCUT2D eigenvalue weighted by Crippen LogP contribution is -2.62. The summed E-state index contributed by atoms with van der Waals surface area (Å²) >= 11 is 0. The third-order valence-electron chi connectivity index (χ3n) is 14.9. The Labute approximate surface area is 418 Å². The molecule has 3 N–H and O–H groups in total. The SMILES string of the molecule is C=CC(=O)N1CC[C@H](C(=O)N(C)[C@H](C(=O)NC2Cc3cc(O)cc(c3)-c3ccc4c(c3)c(c(-c3ccc(N5CCC=C(CC)CC5)nc3)n4CC)CC(C)(C)COC(=O)[C@@H]3CCCN(N3)C2=O)C(C)C)C1. The molecule has 378 valence electrons. The number of nitrogens with zero attached hydrogens (tertiary/aromatic N) is 6. The number of hydrogen-bond donors (Lipinski definition) is 3. The Morgan fingerprint density at radius 3 is 2.52 bits per heavy atom. The number of pyridine rings is 1. The zero-order valence-electron chi connectivity index (χ0n) is 42.6. The number of likely N-dealkylation sites (tertiary alicyclic amines) is 1. The van der Waals surface area contributed by atoms with Gasteiger partial charge in [-0.15, -0.1) is 0 Å². The highest BCUT2D eigenvalue weighted by atomic mass is 16.5. The first-order valence-corrected chi connectivity index (χ1v) is 25.6. The first kappa shape index (κ1) is 50.9. The fraction of sp³-hybridized carbons (Fsp3) is 0.500. The Kier molecular flexibility index (Phi) is 15.4. The van der Waals surface area contributed by atoms with Crippen molar-refractivity contribution in [2.75, 3.05) is 51.3 Å². The number of aromatic hydroxyl groups is 1. The highest BCUT2D eigenvalue weighted by Gasteiger charge is 2.40. The van der Waals surface area contributed by atoms with Crippen molar-refractivity contribution in [2.45, 2.75) is 118 Å². The predicted octanol–water partition coefficient (Wildman–Crippen LogP) is 7.20. The molecule has 6 bridgehead atoms. The number of nitrogens with one attached hydrogen (secondary N) is 2. The maximum Gasteiger partial charge on any atom is 0.324 e. The molecule has 15 heteroatoms. The number of cyclic esters (lactones) is 1. The van der Waals surface area contributed by atoms with Crippen molar-refractivity contribution in [3.05, 3.63) is 90.2 Å². The molecule has 0 aliphatic carbocycles. The van der Waals surface area contributed by atoms with Gasteiger partial charge in [0.05, 0.1) is 18.2 Å². The molecule has 4 amide bonds. The van der Waals surface area contributed by atoms with E-state index in [1.165, 1.54) is 21.6 Å². The van der Waals surface area contributed by atoms with Crippen molar-refractivity contribution in [2.24, 2.45) is 17.3 Å². The molecular weight excluding hydrogens is 897 g/mol. The van der Waals surface area contributed by atoms with E-state index in [1.54, 1.807) is 24.1 Å². The van der Waals surface area contributed by atoms with E-state index < -0.39 is 47.2 Å². The molecule has 15 nitrogen and oxygen atoms in total. The first-order valence-electron chi connectivity index (χ1n) is 25.6. The van der Waals surface area contributed by atoms with Gasteiger partial charge in [-0.2, -0.15) is 0 Å². The van der Waals surface area contributed by atoms with Gasteiger partial charge >= 0.3 is 5.97 Å². The van der Waals surface area contributed by atoms with Crippen LogP contribution in [0.25, 0.3) is 33.3 Å². The van der Waals surface area contributed by atoms with Gasteiger partial charge in [0.25, 0.3) is 5.91 Å². The first-order chi connectivity index (χ1) is 34.0. The highest BCUT2D eigenvalue weighted by molar-refractivity contribution is 5.96. The summed E-state index contributed by atoms with van der Waals surface area (Å²) in [5.41, 5.74) is 10.5. The summed E-state index contributed by atoms with van der Waals surface area (Å²) in [5.74, 6) is -1.85. The van der Waals surface area contributed by atoms with Crippen molar-refractivity contribution < 1.29 is 33.8 Å². The number of carbonyl (C=O) groups is 5. The summed E-state index contributed by atoms with van der Waals surface area (Å²) in [6.07, 6.45) is 10.7. The summed E-state index contributed by atoms with van der Waals surface area (Å²) in [5, 5.41) is 16.8. The number of hydrazine groups is 1. The van der Waals surface area contributed by atoms with Gasteiger partial charge in [0.2, 0.25) is 17.7 Å². The van der Waals surface area contributed by atoms with Crippen molar-refractivity contribution in [1.82, 2.24) is 35.1 Å². The van der Waals surface area contributed by atoms with Crippen LogP contribution in [0.15, 0.2) is 79.0 Å². The molecule has 2 aromatic heterocycles. The number of carbonyl (C=O) groups excluding carboxylic acids is 5. The monoisotopic (exact) mass is 969 g/mol. The van der Waals surface area contributed by atoms with Gasteiger partial charge < -0.3 is 34.4 Å². The smallest absolute Gasteiger partial charge is 0.324 e. The second kappa shape index (κ2) is 21.5. The minimum Gasteiger partial charge on any atom is -0.508 e. The standard InChI is InChI=1S/C56H72N8O7/c1-9-36-14-12-22-61(24-20-36)48-19-17-39(32-57-48)51-44-31-56(6,7)34-71-55(70)45-15-13-23-64(59-45)54(69)46(28-37-26-41(29-42(65)27-37)38-16-18-47(43(44)30-38)63(51)11-3)58-52(67)50(35(4)5)60(8)53(68)40-21-25-62(33-40)49(66)10-2/h10,14,16-19,26-27,29-30,32,35,40,45-46,50,59,65H,2,9,11-13,15,20-25,28,31,33-34H2,1,3-8H3,(H,58,67)/t40-,45-,46?,50-/m0/s1. The van der Waals surface area contributed by atoms with Crippen molar-refractivity contribution in [3.8, 4) is 28.1 Å². The van der Waals surface area contributed by atoms with Gasteiger partial charge in [-0.25, -0.2) is 10.4 Å². The molecule has 4 atom stereocenters. The van der Waals surface area contributed by atoms with Gasteiger partial charge in [-0.05, 0) is 123 Å². The zero-order valence-corrected chi connectivity index (χ0v) is 42.6. The Bertz CT molecular complexity index is 2710. The molecule has 6 heterocycles. The van der Waals surface area contributed by atoms with Crippen LogP contribution in [0, 0.1) is 17.3 Å². The minimum absolute atomic E-state index is 0.000176. The van der Waals surface area contributed by atoms with E-state index >= 15 is 0 Å². The van der Waals surface area contributed by atoms with Gasteiger partial charge in [-0.3, -0.25) is 29.0 Å². The fourth-order valence-electron chi connectivity index (χ4n) is 11.1. The van der Waals surface area contributed by atoms with Crippen molar-refractivity contribution >= 4 is 46.3 Å². The molecule has 71 heavy (non-hydrogen) atoms. The summed E-state index contributed by atoms with van der Waals surface area (Å²) in [4.78, 5) is 80.1. The van der Waals surface area contributed by atoms with Crippen molar-refractivity contribution in [1.29, 1.82) is 0 Å². The second-order valence-electron chi connectivity index (χ2n) is 21.0. The Hall–Kier alpha value is -6.48. The van der Waals surface area contributed by atoms with Gasteiger partial charge in [0, 0.05) is 80.8 Å². The molecule has 4 aliphatic rings. The van der Waals surface area contributed by atoms with E-state index in [9.17, 15) is 29.1 Å².